The molecule has 3 heteroatoms. The molecule has 2 nitrogen and oxygen atoms in total. The van der Waals surface area contributed by atoms with E-state index in [1.54, 1.807) is 17.4 Å². The van der Waals surface area contributed by atoms with Crippen LogP contribution in [0.25, 0.3) is 0 Å². The van der Waals surface area contributed by atoms with Crippen molar-refractivity contribution < 1.29 is 4.79 Å². The van der Waals surface area contributed by atoms with Crippen molar-refractivity contribution in [2.75, 3.05) is 0 Å². The van der Waals surface area contributed by atoms with Gasteiger partial charge in [-0.25, -0.2) is 9.79 Å². The average molecular weight is 181 g/mol. The van der Waals surface area contributed by atoms with E-state index in [1.165, 1.54) is 5.56 Å². The van der Waals surface area contributed by atoms with E-state index in [2.05, 4.69) is 16.4 Å². The minimum atomic E-state index is 0.108. The second-order valence-electron chi connectivity index (χ2n) is 2.62. The van der Waals surface area contributed by atoms with Gasteiger partial charge in [0.15, 0.2) is 0 Å². The van der Waals surface area contributed by atoms with Crippen LogP contribution in [0.15, 0.2) is 21.8 Å². The van der Waals surface area contributed by atoms with Gasteiger partial charge in [-0.05, 0) is 35.2 Å². The van der Waals surface area contributed by atoms with Gasteiger partial charge in [0.2, 0.25) is 6.08 Å². The first kappa shape index (κ1) is 9.17. The molecule has 0 aliphatic carbocycles. The molecule has 1 atom stereocenters. The fourth-order valence-corrected chi connectivity index (χ4v) is 1.72. The van der Waals surface area contributed by atoms with E-state index in [1.807, 2.05) is 12.3 Å². The quantitative estimate of drug-likeness (QED) is 0.518. The van der Waals surface area contributed by atoms with Gasteiger partial charge in [-0.1, -0.05) is 6.92 Å². The molecule has 0 aromatic carbocycles. The van der Waals surface area contributed by atoms with Crippen LogP contribution in [-0.2, 0) is 11.2 Å². The Labute approximate surface area is 76.0 Å². The van der Waals surface area contributed by atoms with Gasteiger partial charge in [0, 0.05) is 0 Å². The summed E-state index contributed by atoms with van der Waals surface area (Å²) in [5, 5.41) is 4.12. The second kappa shape index (κ2) is 4.86. The van der Waals surface area contributed by atoms with Gasteiger partial charge < -0.3 is 0 Å². The van der Waals surface area contributed by atoms with Gasteiger partial charge in [-0.15, -0.1) is 0 Å². The molecule has 0 aliphatic heterocycles. The number of aliphatic imine (C=N–C) groups is 1. The Hall–Kier alpha value is -0.920. The highest BCUT2D eigenvalue weighted by Crippen LogP contribution is 2.11. The van der Waals surface area contributed by atoms with E-state index < -0.39 is 0 Å². The zero-order valence-electron chi connectivity index (χ0n) is 6.99. The van der Waals surface area contributed by atoms with Gasteiger partial charge in [-0.3, -0.25) is 0 Å². The normalized spacial score (nSPS) is 12.1. The lowest BCUT2D eigenvalue weighted by Crippen LogP contribution is -2.05. The third-order valence-corrected chi connectivity index (χ3v) is 2.49. The van der Waals surface area contributed by atoms with Crippen molar-refractivity contribution in [2.45, 2.75) is 25.8 Å². The van der Waals surface area contributed by atoms with Crippen molar-refractivity contribution in [3.8, 4) is 0 Å². The number of nitrogens with zero attached hydrogens (tertiary/aromatic N) is 1. The molecule has 0 saturated heterocycles. The lowest BCUT2D eigenvalue weighted by molar-refractivity contribution is 0.552. The molecular weight excluding hydrogens is 170 g/mol. The highest BCUT2D eigenvalue weighted by Gasteiger charge is 2.04. The van der Waals surface area contributed by atoms with Crippen molar-refractivity contribution in [1.82, 2.24) is 0 Å². The van der Waals surface area contributed by atoms with Crippen LogP contribution in [0.3, 0.4) is 0 Å². The van der Waals surface area contributed by atoms with Crippen molar-refractivity contribution in [3.05, 3.63) is 22.4 Å². The van der Waals surface area contributed by atoms with E-state index in [4.69, 9.17) is 0 Å². The van der Waals surface area contributed by atoms with Gasteiger partial charge in [0.05, 0.1) is 6.04 Å². The third kappa shape index (κ3) is 2.61. The van der Waals surface area contributed by atoms with E-state index in [9.17, 15) is 4.79 Å². The molecule has 0 radical (unpaired) electrons. The van der Waals surface area contributed by atoms with E-state index >= 15 is 0 Å². The van der Waals surface area contributed by atoms with Crippen molar-refractivity contribution in [1.29, 1.82) is 0 Å². The molecule has 0 amide bonds. The summed E-state index contributed by atoms with van der Waals surface area (Å²) in [5.41, 5.74) is 1.26. The van der Waals surface area contributed by atoms with Gasteiger partial charge in [0.1, 0.15) is 0 Å². The highest BCUT2D eigenvalue weighted by molar-refractivity contribution is 7.07. The first-order valence-electron chi connectivity index (χ1n) is 3.95. The third-order valence-electron chi connectivity index (χ3n) is 1.76. The summed E-state index contributed by atoms with van der Waals surface area (Å²) in [5.74, 6) is 0. The summed E-state index contributed by atoms with van der Waals surface area (Å²) >= 11 is 1.67. The molecule has 0 aliphatic rings. The minimum absolute atomic E-state index is 0.108. The van der Waals surface area contributed by atoms with Crippen molar-refractivity contribution in [2.24, 2.45) is 4.99 Å². The fraction of sp³-hybridized carbons (Fsp3) is 0.444. The number of carbonyl (C=O) groups excluding carboxylic acids is 1. The van der Waals surface area contributed by atoms with Crippen LogP contribution in [0.2, 0.25) is 0 Å². The molecule has 1 aromatic heterocycles. The lowest BCUT2D eigenvalue weighted by atomic mass is 10.1. The van der Waals surface area contributed by atoms with Gasteiger partial charge >= 0.3 is 0 Å². The smallest absolute Gasteiger partial charge is 0.211 e. The topological polar surface area (TPSA) is 29.4 Å². The Morgan fingerprint density at radius 3 is 3.08 bits per heavy atom. The van der Waals surface area contributed by atoms with Crippen LogP contribution in [0.4, 0.5) is 0 Å². The fourth-order valence-electron chi connectivity index (χ4n) is 1.04. The monoisotopic (exact) mass is 181 g/mol. The minimum Gasteiger partial charge on any atom is -0.211 e. The molecule has 1 rings (SSSR count). The molecule has 0 N–H and O–H groups in total. The van der Waals surface area contributed by atoms with Crippen molar-refractivity contribution >= 4 is 17.4 Å². The van der Waals surface area contributed by atoms with E-state index in [-0.39, 0.29) is 6.04 Å². The average Bonchev–Trinajstić information content (AvgIpc) is 2.56. The standard InChI is InChI=1S/C9H11NOS/c1-2-9(10-7-11)5-8-3-4-12-6-8/h3-4,6,9H,2,5H2,1H3. The Morgan fingerprint density at radius 1 is 1.75 bits per heavy atom. The SMILES string of the molecule is CCC(Cc1ccsc1)N=C=O. The van der Waals surface area contributed by atoms with Crippen LogP contribution < -0.4 is 0 Å². The maximum atomic E-state index is 10.0. The zero-order chi connectivity index (χ0) is 8.81. The summed E-state index contributed by atoms with van der Waals surface area (Å²) in [4.78, 5) is 13.7. The molecule has 12 heavy (non-hydrogen) atoms. The predicted octanol–water partition coefficient (Wildman–Crippen LogP) is 2.41. The second-order valence-corrected chi connectivity index (χ2v) is 3.40. The van der Waals surface area contributed by atoms with Crippen LogP contribution >= 0.6 is 11.3 Å². The summed E-state index contributed by atoms with van der Waals surface area (Å²) in [6, 6.07) is 2.17. The maximum absolute atomic E-state index is 10.0. The van der Waals surface area contributed by atoms with E-state index in [0.717, 1.165) is 12.8 Å². The first-order valence-corrected chi connectivity index (χ1v) is 4.89. The maximum Gasteiger partial charge on any atom is 0.235 e. The Balaban J connectivity index is 2.54. The van der Waals surface area contributed by atoms with Crippen LogP contribution in [0.5, 0.6) is 0 Å². The molecule has 0 saturated carbocycles. The largest absolute Gasteiger partial charge is 0.235 e. The predicted molar refractivity (Wildman–Crippen MR) is 50.2 cm³/mol. The van der Waals surface area contributed by atoms with Gasteiger partial charge in [0.25, 0.3) is 0 Å². The zero-order valence-corrected chi connectivity index (χ0v) is 7.80. The van der Waals surface area contributed by atoms with Crippen LogP contribution in [-0.4, -0.2) is 12.1 Å². The summed E-state index contributed by atoms with van der Waals surface area (Å²) in [6.45, 7) is 2.03. The lowest BCUT2D eigenvalue weighted by Gasteiger charge is -2.04. The van der Waals surface area contributed by atoms with E-state index in [0.29, 0.717) is 0 Å². The summed E-state index contributed by atoms with van der Waals surface area (Å²) in [7, 11) is 0. The number of hydrogen-bond acceptors (Lipinski definition) is 3. The Kier molecular flexibility index (Phi) is 3.71. The molecular formula is C9H11NOS. The van der Waals surface area contributed by atoms with Crippen LogP contribution in [0.1, 0.15) is 18.9 Å². The molecule has 0 spiro atoms. The first-order chi connectivity index (χ1) is 5.86. The molecule has 1 aromatic rings. The molecule has 1 heterocycles. The molecule has 1 unspecified atom stereocenters. The Morgan fingerprint density at radius 2 is 2.58 bits per heavy atom. The number of isocyanates is 1. The molecule has 0 bridgehead atoms. The summed E-state index contributed by atoms with van der Waals surface area (Å²) < 4.78 is 0. The number of rotatable bonds is 4. The summed E-state index contributed by atoms with van der Waals surface area (Å²) in [6.07, 6.45) is 3.36. The highest BCUT2D eigenvalue weighted by atomic mass is 32.1. The van der Waals surface area contributed by atoms with Crippen molar-refractivity contribution in [3.63, 3.8) is 0 Å². The molecule has 0 fully saturated rings. The number of hydrogen-bond donors (Lipinski definition) is 0. The molecule has 64 valence electrons. The number of thiophene rings is 1. The van der Waals surface area contributed by atoms with Gasteiger partial charge in [-0.2, -0.15) is 11.3 Å². The Bertz CT molecular complexity index is 262. The van der Waals surface area contributed by atoms with Crippen LogP contribution in [0, 0.1) is 0 Å².